The van der Waals surface area contributed by atoms with Crippen LogP contribution >= 0.6 is 0 Å². The molecule has 0 aromatic rings. The van der Waals surface area contributed by atoms with E-state index < -0.39 is 10.2 Å². The molecule has 0 rings (SSSR count). The van der Waals surface area contributed by atoms with Crippen LogP contribution in [0.25, 0.3) is 0 Å². The molecule has 0 spiro atoms. The van der Waals surface area contributed by atoms with Crippen molar-refractivity contribution in [2.45, 2.75) is 0 Å². The van der Waals surface area contributed by atoms with Crippen LogP contribution < -0.4 is 18.6 Å². The molecular weight excluding hydrogens is 220 g/mol. The second kappa shape index (κ2) is 29.9. The second-order valence-electron chi connectivity index (χ2n) is 0.378. The Labute approximate surface area is 85.2 Å². The van der Waals surface area contributed by atoms with Crippen LogP contribution in [-0.4, -0.2) is 55.9 Å². The van der Waals surface area contributed by atoms with Crippen molar-refractivity contribution >= 4 is 23.1 Å². The van der Waals surface area contributed by atoms with E-state index in [4.69, 9.17) is 18.6 Å². The first-order chi connectivity index (χ1) is 2.00. The summed E-state index contributed by atoms with van der Waals surface area (Å²) in [5, 5.41) is 0. The number of halogens is 1. The van der Waals surface area contributed by atoms with Gasteiger partial charge in [0.2, 0.25) is 0 Å². The standard InChI is InChI=1S/ClHO4.Mg.6H2O/c2-1(3,4)5;;;;;;;/h(H,2,3,4,5);;6*1H2/q;+2;;;;;;/p-1. The van der Waals surface area contributed by atoms with Gasteiger partial charge >= 0.3 is 23.1 Å². The summed E-state index contributed by atoms with van der Waals surface area (Å²) in [7, 11) is -4.94. The maximum absolute atomic E-state index is 8.49. The van der Waals surface area contributed by atoms with Gasteiger partial charge in [-0.25, -0.2) is 18.6 Å². The summed E-state index contributed by atoms with van der Waals surface area (Å²) in [4.78, 5) is 0. The molecule has 0 aromatic heterocycles. The molecule has 0 unspecified atom stereocenters. The molecule has 12 N–H and O–H groups in total. The average Bonchev–Trinajstić information content (AvgIpc) is 0.722. The summed E-state index contributed by atoms with van der Waals surface area (Å²) in [6.07, 6.45) is 0. The second-order valence-corrected chi connectivity index (χ2v) is 1.13. The largest absolute Gasteiger partial charge is 2.00 e. The number of hydrogen-bond acceptors (Lipinski definition) is 4. The summed E-state index contributed by atoms with van der Waals surface area (Å²) < 4.78 is 34.0. The maximum atomic E-state index is 8.49. The van der Waals surface area contributed by atoms with Gasteiger partial charge in [-0.15, -0.1) is 10.2 Å². The van der Waals surface area contributed by atoms with Crippen molar-refractivity contribution in [3.05, 3.63) is 0 Å². The molecule has 0 fully saturated rings. The van der Waals surface area contributed by atoms with Crippen LogP contribution in [0.1, 0.15) is 0 Å². The summed E-state index contributed by atoms with van der Waals surface area (Å²) in [6, 6.07) is 0. The van der Waals surface area contributed by atoms with Crippen LogP contribution in [0, 0.1) is 10.2 Å². The molecule has 0 radical (unpaired) electrons. The van der Waals surface area contributed by atoms with E-state index in [1.54, 1.807) is 0 Å². The molecule has 0 atom stereocenters. The van der Waals surface area contributed by atoms with E-state index in [0.717, 1.165) is 0 Å². The van der Waals surface area contributed by atoms with Crippen LogP contribution in [0.4, 0.5) is 0 Å². The Morgan fingerprint density at radius 3 is 0.500 bits per heavy atom. The van der Waals surface area contributed by atoms with E-state index in [0.29, 0.717) is 0 Å². The predicted molar refractivity (Wildman–Crippen MR) is 27.4 cm³/mol. The molecule has 0 bridgehead atoms. The number of rotatable bonds is 0. The molecule has 12 heteroatoms. The van der Waals surface area contributed by atoms with Crippen molar-refractivity contribution in [1.82, 2.24) is 0 Å². The molecule has 0 saturated heterocycles. The van der Waals surface area contributed by atoms with Gasteiger partial charge in [0.25, 0.3) is 0 Å². The normalized spacial score (nSPS) is 5.00. The quantitative estimate of drug-likeness (QED) is 0.366. The van der Waals surface area contributed by atoms with E-state index in [1.165, 1.54) is 0 Å². The third-order valence-corrected chi connectivity index (χ3v) is 0. The van der Waals surface area contributed by atoms with Crippen LogP contribution in [0.3, 0.4) is 0 Å². The SMILES string of the molecule is O.O.O.O.O.O.[Mg+2].[O-][Cl+3]([O-])([O-])[O-]. The van der Waals surface area contributed by atoms with Crippen LogP contribution in [-0.2, 0) is 0 Å². The molecule has 0 aliphatic heterocycles. The molecule has 0 saturated carbocycles. The smallest absolute Gasteiger partial charge is 0.412 e. The van der Waals surface area contributed by atoms with Gasteiger partial charge in [0.15, 0.2) is 0 Å². The third kappa shape index (κ3) is 2310. The minimum Gasteiger partial charge on any atom is -0.412 e. The van der Waals surface area contributed by atoms with Crippen molar-refractivity contribution in [3.63, 3.8) is 0 Å². The third-order valence-electron chi connectivity index (χ3n) is 0. The zero-order valence-corrected chi connectivity index (χ0v) is 7.89. The zero-order valence-electron chi connectivity index (χ0n) is 5.72. The van der Waals surface area contributed by atoms with E-state index >= 15 is 0 Å². The molecule has 0 aromatic carbocycles. The fourth-order valence-corrected chi connectivity index (χ4v) is 0. The zero-order chi connectivity index (χ0) is 4.50. The van der Waals surface area contributed by atoms with E-state index in [-0.39, 0.29) is 55.9 Å². The van der Waals surface area contributed by atoms with Gasteiger partial charge < -0.3 is 32.9 Å². The van der Waals surface area contributed by atoms with E-state index in [1.807, 2.05) is 0 Å². The molecule has 0 aliphatic rings. The molecule has 10 nitrogen and oxygen atoms in total. The molecule has 0 amide bonds. The van der Waals surface area contributed by atoms with Gasteiger partial charge in [0, 0.05) is 0 Å². The summed E-state index contributed by atoms with van der Waals surface area (Å²) >= 11 is 0. The minimum absolute atomic E-state index is 0. The Hall–Kier alpha value is 0.656. The van der Waals surface area contributed by atoms with Crippen LogP contribution in [0.2, 0.25) is 0 Å². The van der Waals surface area contributed by atoms with Crippen LogP contribution in [0.15, 0.2) is 0 Å². The summed E-state index contributed by atoms with van der Waals surface area (Å²) in [5.74, 6) is 0. The van der Waals surface area contributed by atoms with Gasteiger partial charge in [-0.05, 0) is 0 Å². The summed E-state index contributed by atoms with van der Waals surface area (Å²) in [5.41, 5.74) is 0. The van der Waals surface area contributed by atoms with Gasteiger partial charge in [0.05, 0.1) is 0 Å². The van der Waals surface area contributed by atoms with Crippen LogP contribution in [0.5, 0.6) is 0 Å². The van der Waals surface area contributed by atoms with Gasteiger partial charge in [0.1, 0.15) is 0 Å². The van der Waals surface area contributed by atoms with Crippen molar-refractivity contribution < 1.29 is 61.7 Å². The summed E-state index contributed by atoms with van der Waals surface area (Å²) in [6.45, 7) is 0. The Balaban J connectivity index is -0.00000000381. The van der Waals surface area contributed by atoms with Crippen molar-refractivity contribution in [3.8, 4) is 0 Å². The van der Waals surface area contributed by atoms with Crippen molar-refractivity contribution in [1.29, 1.82) is 0 Å². The Morgan fingerprint density at radius 2 is 0.500 bits per heavy atom. The van der Waals surface area contributed by atoms with Crippen molar-refractivity contribution in [2.24, 2.45) is 0 Å². The first kappa shape index (κ1) is 79.3. The topological polar surface area (TPSA) is 281 Å². The van der Waals surface area contributed by atoms with E-state index in [9.17, 15) is 0 Å². The Morgan fingerprint density at radius 1 is 0.500 bits per heavy atom. The first-order valence-corrected chi connectivity index (χ1v) is 1.85. The van der Waals surface area contributed by atoms with Gasteiger partial charge in [-0.1, -0.05) is 0 Å². The average molecular weight is 232 g/mol. The van der Waals surface area contributed by atoms with Gasteiger partial charge in [-0.3, -0.25) is 0 Å². The van der Waals surface area contributed by atoms with E-state index in [2.05, 4.69) is 0 Å². The number of hydrogen-bond donors (Lipinski definition) is 0. The maximum Gasteiger partial charge on any atom is 2.00 e. The fourth-order valence-electron chi connectivity index (χ4n) is 0. The predicted octanol–water partition coefficient (Wildman–Crippen LogP) is -10.1. The molecule has 80 valence electrons. The first-order valence-electron chi connectivity index (χ1n) is 0.617. The molecular formula is H12ClMgO10+. The Bertz CT molecular complexity index is 25.3. The molecule has 0 aliphatic carbocycles. The Kier molecular flexibility index (Phi) is 197. The molecule has 0 heterocycles. The van der Waals surface area contributed by atoms with Crippen molar-refractivity contribution in [2.75, 3.05) is 0 Å². The monoisotopic (exact) mass is 231 g/mol. The fraction of sp³-hybridized carbons (Fsp3) is 0. The molecule has 12 heavy (non-hydrogen) atoms. The van der Waals surface area contributed by atoms with Gasteiger partial charge in [-0.2, -0.15) is 0 Å². The minimum atomic E-state index is -4.94.